The van der Waals surface area contributed by atoms with Crippen LogP contribution in [-0.2, 0) is 23.9 Å². The van der Waals surface area contributed by atoms with E-state index in [0.717, 1.165) is 220 Å². The van der Waals surface area contributed by atoms with E-state index in [1.165, 1.54) is 51.4 Å². The maximum absolute atomic E-state index is 13.4. The molecule has 0 spiro atoms. The normalized spacial score (nSPS) is 21.0. The highest BCUT2D eigenvalue weighted by molar-refractivity contribution is 6.64. The lowest BCUT2D eigenvalue weighted by atomic mass is 9.85. The van der Waals surface area contributed by atoms with Crippen LogP contribution >= 0.6 is 11.6 Å². The summed E-state index contributed by atoms with van der Waals surface area (Å²) in [5.41, 5.74) is 3.55. The molecular formula is C75H113ClN12O8. The number of halogens is 1. The number of hydrogen-bond acceptors (Lipinski definition) is 16. The van der Waals surface area contributed by atoms with Gasteiger partial charge in [0.25, 0.3) is 0 Å². The number of anilines is 2. The monoisotopic (exact) mass is 1340 g/mol. The minimum atomic E-state index is -0.510. The van der Waals surface area contributed by atoms with E-state index in [9.17, 15) is 24.0 Å². The van der Waals surface area contributed by atoms with Gasteiger partial charge in [0.2, 0.25) is 23.0 Å². The van der Waals surface area contributed by atoms with Crippen LogP contribution in [0.1, 0.15) is 149 Å². The first-order chi connectivity index (χ1) is 46.6. The highest BCUT2D eigenvalue weighted by Crippen LogP contribution is 2.39. The molecule has 8 heterocycles. The fraction of sp³-hybridized carbons (Fsp3) is 0.693. The first-order valence-electron chi connectivity index (χ1n) is 36.9. The Morgan fingerprint density at radius 2 is 0.927 bits per heavy atom. The van der Waals surface area contributed by atoms with Crippen LogP contribution in [0, 0.1) is 23.7 Å². The van der Waals surface area contributed by atoms with E-state index in [0.29, 0.717) is 50.2 Å². The molecule has 4 aromatic rings. The van der Waals surface area contributed by atoms with Crippen molar-refractivity contribution in [2.24, 2.45) is 23.7 Å². The zero-order chi connectivity index (χ0) is 67.4. The van der Waals surface area contributed by atoms with Gasteiger partial charge in [-0.1, -0.05) is 37.8 Å². The summed E-state index contributed by atoms with van der Waals surface area (Å²) in [6.07, 6.45) is 24.1. The van der Waals surface area contributed by atoms with Crippen molar-refractivity contribution in [3.8, 4) is 11.5 Å². The number of hydrogen-bond donors (Lipinski definition) is 2. The number of carbonyl (C=O) groups is 5. The van der Waals surface area contributed by atoms with Gasteiger partial charge < -0.3 is 54.2 Å². The quantitative estimate of drug-likeness (QED) is 0.0795. The van der Waals surface area contributed by atoms with E-state index in [1.807, 2.05) is 56.3 Å². The van der Waals surface area contributed by atoms with Gasteiger partial charge in [-0.15, -0.1) is 0 Å². The number of pyridine rings is 2. The second-order valence-electron chi connectivity index (χ2n) is 29.2. The Balaban J connectivity index is 0.000000187. The molecule has 528 valence electrons. The van der Waals surface area contributed by atoms with Gasteiger partial charge in [-0.2, -0.15) is 0 Å². The number of ether oxygens (including phenoxy) is 3. The molecular weight excluding hydrogens is 1230 g/mol. The second kappa shape index (κ2) is 36.1. The van der Waals surface area contributed by atoms with Crippen LogP contribution in [0.25, 0.3) is 21.8 Å². The molecule has 2 atom stereocenters. The van der Waals surface area contributed by atoms with Crippen molar-refractivity contribution in [1.82, 2.24) is 50.0 Å². The molecule has 2 aromatic heterocycles. The summed E-state index contributed by atoms with van der Waals surface area (Å²) in [6.45, 7) is 23.7. The average molecular weight is 1350 g/mol. The molecule has 6 saturated heterocycles. The number of amides is 4. The Labute approximate surface area is 577 Å². The first kappa shape index (κ1) is 72.7. The maximum atomic E-state index is 13.4. The first-order valence-corrected chi connectivity index (χ1v) is 37.3. The Bertz CT molecular complexity index is 3130. The van der Waals surface area contributed by atoms with E-state index < -0.39 is 5.60 Å². The number of piperidine rings is 2. The van der Waals surface area contributed by atoms with Crippen LogP contribution in [0.2, 0.25) is 0 Å². The molecule has 20 nitrogen and oxygen atoms in total. The summed E-state index contributed by atoms with van der Waals surface area (Å²) in [6, 6.07) is 16.7. The number of fused-ring (bicyclic) bond motifs is 2. The molecule has 0 bridgehead atoms. The van der Waals surface area contributed by atoms with Gasteiger partial charge in [-0.05, 0) is 197 Å². The smallest absolute Gasteiger partial charge is 0.410 e. The number of nitrogens with zero attached hydrogens (tertiary/aromatic N) is 10. The Hall–Kier alpha value is -6.06. The SMILES string of the molecule is COc1ccc2cccnc2c1N1CCCN(C(CC(=O)NCCN2CCCC2)C2CCN(C(=O)C3CCCC3)CC2)CC1.COc1ccc2cccnc2c1N1CCCN(C(CC(=O)NCCN2CCCC2)C2CCN(C(=O)OC(C)(C)C)CC2)CC1.O=C(Cl)C1CCCC1. The standard InChI is InChI=1S/C35H52N6O3.C34H52N6O4.C6H9ClO/c1-44-31-12-11-28-10-6-15-37-33(28)34(31)40-20-7-19-39(24-25-40)30(26-32(42)36-16-23-38-17-4-5-18-38)27-13-21-41(22-14-27)35(43)29-8-2-3-9-29;1-34(2,3)44-33(42)40-20-12-26(13-21-40)28(25-30(41)35-15-22-37-16-5-6-17-37)38-18-8-19-39(24-23-38)32-29(43-4)11-10-27-9-7-14-36-31(27)32;7-6(8)5-3-1-2-4-5/h6,10-12,15,27,29-30H,2-5,7-9,13-14,16-26H2,1H3,(H,36,42);7,9-11,14,26,28H,5-6,8,12-13,15-25H2,1-4H3,(H,35,41);5H,1-4H2. The summed E-state index contributed by atoms with van der Waals surface area (Å²) in [7, 11) is 3.46. The Morgan fingerprint density at radius 1 is 0.500 bits per heavy atom. The topological polar surface area (TPSA) is 189 Å². The fourth-order valence-electron chi connectivity index (χ4n) is 16.5. The number of rotatable bonds is 20. The van der Waals surface area contributed by atoms with Crippen molar-refractivity contribution in [2.75, 3.05) is 155 Å². The lowest BCUT2D eigenvalue weighted by Gasteiger charge is -2.41. The van der Waals surface area contributed by atoms with Crippen LogP contribution in [0.3, 0.4) is 0 Å². The number of likely N-dealkylation sites (tertiary alicyclic amines) is 4. The van der Waals surface area contributed by atoms with Gasteiger partial charge in [0.05, 0.1) is 25.3 Å². The summed E-state index contributed by atoms with van der Waals surface area (Å²) < 4.78 is 17.3. The molecule has 2 unspecified atom stereocenters. The van der Waals surface area contributed by atoms with E-state index in [4.69, 9.17) is 35.8 Å². The van der Waals surface area contributed by atoms with E-state index in [2.05, 4.69) is 75.3 Å². The molecule has 8 fully saturated rings. The van der Waals surface area contributed by atoms with Gasteiger partial charge in [0, 0.05) is 165 Å². The third-order valence-corrected chi connectivity index (χ3v) is 22.0. The number of methoxy groups -OCH3 is 2. The number of benzene rings is 2. The van der Waals surface area contributed by atoms with Gasteiger partial charge >= 0.3 is 6.09 Å². The molecule has 96 heavy (non-hydrogen) atoms. The van der Waals surface area contributed by atoms with Crippen LogP contribution in [0.15, 0.2) is 60.9 Å². The minimum Gasteiger partial charge on any atom is -0.494 e. The van der Waals surface area contributed by atoms with Crippen LogP contribution in [0.4, 0.5) is 16.2 Å². The van der Waals surface area contributed by atoms with Crippen molar-refractivity contribution in [1.29, 1.82) is 0 Å². The molecule has 0 radical (unpaired) electrons. The highest BCUT2D eigenvalue weighted by atomic mass is 35.5. The van der Waals surface area contributed by atoms with Crippen molar-refractivity contribution in [2.45, 2.75) is 167 Å². The summed E-state index contributed by atoms with van der Waals surface area (Å²) in [5, 5.41) is 8.57. The highest BCUT2D eigenvalue weighted by Gasteiger charge is 2.39. The van der Waals surface area contributed by atoms with Crippen molar-refractivity contribution in [3.63, 3.8) is 0 Å². The van der Waals surface area contributed by atoms with Crippen LogP contribution in [-0.4, -0.2) is 231 Å². The predicted molar refractivity (Wildman–Crippen MR) is 382 cm³/mol. The average Bonchev–Trinajstić information content (AvgIpc) is 1.22. The largest absolute Gasteiger partial charge is 0.494 e. The molecule has 12 rings (SSSR count). The molecule has 2 saturated carbocycles. The lowest BCUT2D eigenvalue weighted by Crippen LogP contribution is -2.50. The Kier molecular flexibility index (Phi) is 27.4. The third-order valence-electron chi connectivity index (χ3n) is 21.7. The molecule has 6 aliphatic heterocycles. The van der Waals surface area contributed by atoms with E-state index >= 15 is 0 Å². The summed E-state index contributed by atoms with van der Waals surface area (Å²) >= 11 is 5.25. The van der Waals surface area contributed by atoms with E-state index in [-0.39, 0.29) is 47.1 Å². The number of nitrogens with one attached hydrogen (secondary N) is 2. The van der Waals surface area contributed by atoms with Gasteiger partial charge in [-0.3, -0.25) is 38.9 Å². The van der Waals surface area contributed by atoms with Crippen LogP contribution in [0.5, 0.6) is 11.5 Å². The third kappa shape index (κ3) is 20.3. The van der Waals surface area contributed by atoms with Gasteiger partial charge in [0.1, 0.15) is 28.5 Å². The summed E-state index contributed by atoms with van der Waals surface area (Å²) in [4.78, 5) is 91.4. The van der Waals surface area contributed by atoms with E-state index in [1.54, 1.807) is 14.2 Å². The molecule has 2 aromatic carbocycles. The zero-order valence-electron chi connectivity index (χ0n) is 58.6. The molecule has 2 aliphatic carbocycles. The summed E-state index contributed by atoms with van der Waals surface area (Å²) in [5.74, 6) is 3.54. The lowest BCUT2D eigenvalue weighted by molar-refractivity contribution is -0.137. The van der Waals surface area contributed by atoms with Crippen molar-refractivity contribution >= 4 is 73.8 Å². The number of aromatic nitrogens is 2. The predicted octanol–water partition coefficient (Wildman–Crippen LogP) is 10.5. The van der Waals surface area contributed by atoms with Crippen LogP contribution < -0.4 is 29.9 Å². The van der Waals surface area contributed by atoms with Crippen molar-refractivity contribution < 1.29 is 38.2 Å². The molecule has 2 N–H and O–H groups in total. The van der Waals surface area contributed by atoms with Gasteiger partial charge in [-0.25, -0.2) is 4.79 Å². The Morgan fingerprint density at radius 3 is 1.33 bits per heavy atom. The van der Waals surface area contributed by atoms with Crippen molar-refractivity contribution in [3.05, 3.63) is 60.9 Å². The maximum Gasteiger partial charge on any atom is 0.410 e. The molecule has 8 aliphatic rings. The second-order valence-corrected chi connectivity index (χ2v) is 29.6. The molecule has 21 heteroatoms. The molecule has 4 amide bonds. The fourth-order valence-corrected chi connectivity index (χ4v) is 16.7. The minimum absolute atomic E-state index is 0.120. The zero-order valence-corrected chi connectivity index (χ0v) is 59.4. The number of carbonyl (C=O) groups excluding carboxylic acids is 5. The van der Waals surface area contributed by atoms with Gasteiger partial charge in [0.15, 0.2) is 0 Å².